The highest BCUT2D eigenvalue weighted by atomic mass is 32.2. The number of hydrogen-bond acceptors (Lipinski definition) is 4. The van der Waals surface area contributed by atoms with E-state index in [0.717, 1.165) is 5.56 Å². The Morgan fingerprint density at radius 3 is 1.89 bits per heavy atom. The molecule has 0 heterocycles. The number of hydrogen-bond donors (Lipinski definition) is 1. The minimum Gasteiger partial charge on any atom is -0.219 e. The molecule has 0 bridgehead atoms. The van der Waals surface area contributed by atoms with E-state index in [1.165, 1.54) is 36.4 Å². The van der Waals surface area contributed by atoms with Gasteiger partial charge in [-0.25, -0.2) is 21.6 Å². The molecule has 1 atom stereocenters. The van der Waals surface area contributed by atoms with E-state index >= 15 is 0 Å². The Kier molecular flexibility index (Phi) is 5.98. The third-order valence-electron chi connectivity index (χ3n) is 4.43. The molecule has 0 aliphatic heterocycles. The van der Waals surface area contributed by atoms with Gasteiger partial charge in [-0.2, -0.15) is 0 Å². The molecule has 3 aromatic carbocycles. The molecule has 7 heteroatoms. The van der Waals surface area contributed by atoms with Gasteiger partial charge in [-0.3, -0.25) is 0 Å². The maximum absolute atomic E-state index is 12.7. The summed E-state index contributed by atoms with van der Waals surface area (Å²) in [6.07, 6.45) is 0. The number of benzene rings is 3. The van der Waals surface area contributed by atoms with Gasteiger partial charge in [-0.1, -0.05) is 61.5 Å². The monoisotopic (exact) mass is 415 g/mol. The summed E-state index contributed by atoms with van der Waals surface area (Å²) in [6, 6.07) is 22.9. The molecule has 146 valence electrons. The highest BCUT2D eigenvalue weighted by molar-refractivity contribution is 7.91. The predicted octanol–water partition coefficient (Wildman–Crippen LogP) is 3.60. The summed E-state index contributed by atoms with van der Waals surface area (Å²) in [5.74, 6) is -0.0211. The maximum atomic E-state index is 12.7. The summed E-state index contributed by atoms with van der Waals surface area (Å²) in [7, 11) is -7.63. The first-order chi connectivity index (χ1) is 13.3. The fraction of sp³-hybridized carbons (Fsp3) is 0.143. The molecule has 0 unspecified atom stereocenters. The van der Waals surface area contributed by atoms with Gasteiger partial charge in [0.25, 0.3) is 0 Å². The van der Waals surface area contributed by atoms with Gasteiger partial charge in [0.2, 0.25) is 19.9 Å². The molecule has 28 heavy (non-hydrogen) atoms. The molecule has 0 aliphatic carbocycles. The minimum absolute atomic E-state index is 0.0211. The zero-order chi connectivity index (χ0) is 20.2. The molecule has 0 saturated carbocycles. The molecule has 3 aromatic rings. The second-order valence-corrected chi connectivity index (χ2v) is 10.2. The number of sulfone groups is 1. The molecular formula is C21H21NO4S2. The van der Waals surface area contributed by atoms with Crippen molar-refractivity contribution in [2.75, 3.05) is 6.54 Å². The fourth-order valence-corrected chi connectivity index (χ4v) is 5.34. The van der Waals surface area contributed by atoms with E-state index in [1.807, 2.05) is 37.3 Å². The predicted molar refractivity (Wildman–Crippen MR) is 108 cm³/mol. The molecular weight excluding hydrogens is 394 g/mol. The standard InChI is InChI=1S/C21H21NO4S2/c1-17(18-9-4-2-5-10-18)16-22-28(25,26)21-14-8-13-20(15-21)27(23,24)19-11-6-3-7-12-19/h2-15,17,22H,16H2,1H3/t17-/m1/s1. The van der Waals surface area contributed by atoms with Crippen LogP contribution in [0.2, 0.25) is 0 Å². The first-order valence-corrected chi connectivity index (χ1v) is 11.7. The SMILES string of the molecule is C[C@H](CNS(=O)(=O)c1cccc(S(=O)(=O)c2ccccc2)c1)c1ccccc1. The second-order valence-electron chi connectivity index (χ2n) is 6.45. The van der Waals surface area contributed by atoms with Crippen LogP contribution >= 0.6 is 0 Å². The second kappa shape index (κ2) is 8.26. The van der Waals surface area contributed by atoms with Crippen molar-refractivity contribution in [2.24, 2.45) is 0 Å². The van der Waals surface area contributed by atoms with Crippen LogP contribution < -0.4 is 4.72 Å². The van der Waals surface area contributed by atoms with Crippen molar-refractivity contribution in [3.05, 3.63) is 90.5 Å². The summed E-state index contributed by atoms with van der Waals surface area (Å²) < 4.78 is 53.4. The Hall–Kier alpha value is -2.48. The van der Waals surface area contributed by atoms with Crippen LogP contribution in [0.5, 0.6) is 0 Å². The first-order valence-electron chi connectivity index (χ1n) is 8.75. The van der Waals surface area contributed by atoms with E-state index in [2.05, 4.69) is 4.72 Å². The van der Waals surface area contributed by atoms with E-state index in [9.17, 15) is 16.8 Å². The lowest BCUT2D eigenvalue weighted by Crippen LogP contribution is -2.27. The van der Waals surface area contributed by atoms with Gasteiger partial charge in [-0.15, -0.1) is 0 Å². The normalized spacial score (nSPS) is 13.2. The van der Waals surface area contributed by atoms with Crippen LogP contribution in [0.4, 0.5) is 0 Å². The Bertz CT molecular complexity index is 1140. The van der Waals surface area contributed by atoms with Crippen LogP contribution in [0.15, 0.2) is 99.6 Å². The van der Waals surface area contributed by atoms with Crippen molar-refractivity contribution < 1.29 is 16.8 Å². The Balaban J connectivity index is 1.83. The van der Waals surface area contributed by atoms with Crippen LogP contribution in [-0.2, 0) is 19.9 Å². The Morgan fingerprint density at radius 1 is 0.714 bits per heavy atom. The van der Waals surface area contributed by atoms with Crippen molar-refractivity contribution >= 4 is 19.9 Å². The minimum atomic E-state index is -3.84. The fourth-order valence-electron chi connectivity index (χ4n) is 2.76. The smallest absolute Gasteiger partial charge is 0.219 e. The highest BCUT2D eigenvalue weighted by Gasteiger charge is 2.21. The largest absolute Gasteiger partial charge is 0.240 e. The van der Waals surface area contributed by atoms with Crippen molar-refractivity contribution in [3.8, 4) is 0 Å². The first kappa shape index (κ1) is 20.3. The van der Waals surface area contributed by atoms with Crippen LogP contribution in [0.25, 0.3) is 0 Å². The van der Waals surface area contributed by atoms with E-state index in [0.29, 0.717) is 0 Å². The Morgan fingerprint density at radius 2 is 1.25 bits per heavy atom. The average molecular weight is 416 g/mol. The number of rotatable bonds is 7. The van der Waals surface area contributed by atoms with Crippen molar-refractivity contribution in [1.82, 2.24) is 4.72 Å². The molecule has 1 N–H and O–H groups in total. The summed E-state index contributed by atoms with van der Waals surface area (Å²) in [6.45, 7) is 2.14. The molecule has 0 saturated heterocycles. The van der Waals surface area contributed by atoms with Crippen LogP contribution in [0.3, 0.4) is 0 Å². The zero-order valence-corrected chi connectivity index (χ0v) is 16.9. The van der Waals surface area contributed by atoms with Crippen molar-refractivity contribution in [2.45, 2.75) is 27.5 Å². The average Bonchev–Trinajstić information content (AvgIpc) is 2.73. The lowest BCUT2D eigenvalue weighted by molar-refractivity contribution is 0.574. The third-order valence-corrected chi connectivity index (χ3v) is 7.62. The summed E-state index contributed by atoms with van der Waals surface area (Å²) in [5, 5.41) is 0. The molecule has 0 aliphatic rings. The maximum Gasteiger partial charge on any atom is 0.240 e. The molecule has 0 aromatic heterocycles. The Labute approximate surface area is 166 Å². The van der Waals surface area contributed by atoms with Gasteiger partial charge in [0.15, 0.2) is 0 Å². The van der Waals surface area contributed by atoms with Gasteiger partial charge in [0.1, 0.15) is 0 Å². The van der Waals surface area contributed by atoms with Gasteiger partial charge in [0.05, 0.1) is 14.7 Å². The molecule has 5 nitrogen and oxygen atoms in total. The van der Waals surface area contributed by atoms with Gasteiger partial charge < -0.3 is 0 Å². The molecule has 0 spiro atoms. The van der Waals surface area contributed by atoms with E-state index in [4.69, 9.17) is 0 Å². The lowest BCUT2D eigenvalue weighted by Gasteiger charge is -2.14. The summed E-state index contributed by atoms with van der Waals surface area (Å²) in [4.78, 5) is -0.0161. The number of sulfonamides is 1. The van der Waals surface area contributed by atoms with Gasteiger partial charge in [-0.05, 0) is 41.8 Å². The van der Waals surface area contributed by atoms with Crippen LogP contribution in [0, 0.1) is 0 Å². The zero-order valence-electron chi connectivity index (χ0n) is 15.3. The van der Waals surface area contributed by atoms with Gasteiger partial charge >= 0.3 is 0 Å². The lowest BCUT2D eigenvalue weighted by atomic mass is 10.0. The quantitative estimate of drug-likeness (QED) is 0.639. The highest BCUT2D eigenvalue weighted by Crippen LogP contribution is 2.23. The van der Waals surface area contributed by atoms with E-state index < -0.39 is 19.9 Å². The van der Waals surface area contributed by atoms with Crippen molar-refractivity contribution in [3.63, 3.8) is 0 Å². The third kappa shape index (κ3) is 4.49. The molecule has 0 fully saturated rings. The van der Waals surface area contributed by atoms with Crippen LogP contribution in [-0.4, -0.2) is 23.4 Å². The molecule has 0 radical (unpaired) electrons. The molecule has 0 amide bonds. The van der Waals surface area contributed by atoms with Gasteiger partial charge in [0, 0.05) is 6.54 Å². The topological polar surface area (TPSA) is 80.3 Å². The molecule has 3 rings (SSSR count). The van der Waals surface area contributed by atoms with E-state index in [1.54, 1.807) is 18.2 Å². The summed E-state index contributed by atoms with van der Waals surface area (Å²) in [5.41, 5.74) is 1.02. The number of nitrogens with one attached hydrogen (secondary N) is 1. The van der Waals surface area contributed by atoms with Crippen LogP contribution in [0.1, 0.15) is 18.4 Å². The van der Waals surface area contributed by atoms with E-state index in [-0.39, 0.29) is 27.1 Å². The van der Waals surface area contributed by atoms with Crippen molar-refractivity contribution in [1.29, 1.82) is 0 Å². The summed E-state index contributed by atoms with van der Waals surface area (Å²) >= 11 is 0.